The van der Waals surface area contributed by atoms with Crippen molar-refractivity contribution in [2.45, 2.75) is 27.4 Å². The van der Waals surface area contributed by atoms with Crippen LogP contribution in [0.4, 0.5) is 0 Å². The molecule has 0 N–H and O–H groups in total. The van der Waals surface area contributed by atoms with Crippen molar-refractivity contribution in [2.24, 2.45) is 0 Å². The molecule has 0 aliphatic carbocycles. The van der Waals surface area contributed by atoms with Crippen LogP contribution in [0.15, 0.2) is 69.9 Å². The fourth-order valence-corrected chi connectivity index (χ4v) is 3.45. The Kier molecular flexibility index (Phi) is 5.16. The molecule has 0 amide bonds. The second-order valence-corrected chi connectivity index (χ2v) is 7.74. The summed E-state index contributed by atoms with van der Waals surface area (Å²) in [5.74, 6) is 0.625. The van der Waals surface area contributed by atoms with E-state index in [1.165, 1.54) is 0 Å². The number of rotatable bonds is 4. The summed E-state index contributed by atoms with van der Waals surface area (Å²) in [7, 11) is 0. The predicted molar refractivity (Wildman–Crippen MR) is 118 cm³/mol. The first-order valence-electron chi connectivity index (χ1n) is 9.45. The number of aryl methyl sites for hydroxylation is 3. The van der Waals surface area contributed by atoms with Crippen molar-refractivity contribution < 1.29 is 9.15 Å². The Morgan fingerprint density at radius 2 is 1.69 bits per heavy atom. The number of halogens is 1. The summed E-state index contributed by atoms with van der Waals surface area (Å²) in [4.78, 5) is 13.3. The molecule has 4 heteroatoms. The molecule has 29 heavy (non-hydrogen) atoms. The molecule has 0 atom stereocenters. The summed E-state index contributed by atoms with van der Waals surface area (Å²) >= 11 is 6.26. The van der Waals surface area contributed by atoms with Crippen LogP contribution in [0.2, 0.25) is 5.02 Å². The molecule has 0 bridgehead atoms. The van der Waals surface area contributed by atoms with E-state index in [0.717, 1.165) is 27.8 Å². The molecule has 146 valence electrons. The van der Waals surface area contributed by atoms with Gasteiger partial charge in [-0.25, -0.2) is 0 Å². The van der Waals surface area contributed by atoms with E-state index in [2.05, 4.69) is 0 Å². The van der Waals surface area contributed by atoms with Gasteiger partial charge < -0.3 is 9.15 Å². The van der Waals surface area contributed by atoms with Gasteiger partial charge >= 0.3 is 0 Å². The molecule has 3 aromatic carbocycles. The third-order valence-electron chi connectivity index (χ3n) is 4.91. The summed E-state index contributed by atoms with van der Waals surface area (Å²) in [5.41, 5.74) is 5.17. The SMILES string of the molecule is Cc1ccc(-c2oc3cc(C)c(Cl)cc3c(=O)c2OCc2cccc(C)c2)cc1. The van der Waals surface area contributed by atoms with E-state index in [0.29, 0.717) is 21.8 Å². The van der Waals surface area contributed by atoms with Crippen LogP contribution < -0.4 is 10.2 Å². The lowest BCUT2D eigenvalue weighted by Crippen LogP contribution is -2.10. The van der Waals surface area contributed by atoms with Crippen LogP contribution in [0.1, 0.15) is 22.3 Å². The number of hydrogen-bond acceptors (Lipinski definition) is 3. The van der Waals surface area contributed by atoms with E-state index in [1.54, 1.807) is 12.1 Å². The van der Waals surface area contributed by atoms with E-state index in [-0.39, 0.29) is 17.8 Å². The number of benzene rings is 3. The molecule has 0 saturated carbocycles. The Bertz CT molecular complexity index is 1250. The first-order valence-corrected chi connectivity index (χ1v) is 9.82. The third kappa shape index (κ3) is 3.92. The molecule has 0 aliphatic heterocycles. The molecule has 4 aromatic rings. The summed E-state index contributed by atoms with van der Waals surface area (Å²) in [6.45, 7) is 6.20. The van der Waals surface area contributed by atoms with E-state index in [4.69, 9.17) is 20.8 Å². The van der Waals surface area contributed by atoms with Gasteiger partial charge in [-0.3, -0.25) is 4.79 Å². The summed E-state index contributed by atoms with van der Waals surface area (Å²) < 4.78 is 12.2. The van der Waals surface area contributed by atoms with Crippen LogP contribution in [-0.4, -0.2) is 0 Å². The lowest BCUT2D eigenvalue weighted by atomic mass is 10.1. The van der Waals surface area contributed by atoms with Crippen molar-refractivity contribution >= 4 is 22.6 Å². The van der Waals surface area contributed by atoms with Crippen molar-refractivity contribution in [1.82, 2.24) is 0 Å². The summed E-state index contributed by atoms with van der Waals surface area (Å²) in [6, 6.07) is 19.3. The Morgan fingerprint density at radius 1 is 0.931 bits per heavy atom. The molecule has 1 aromatic heterocycles. The summed E-state index contributed by atoms with van der Waals surface area (Å²) in [6.07, 6.45) is 0. The molecule has 0 fully saturated rings. The zero-order valence-electron chi connectivity index (χ0n) is 16.6. The Morgan fingerprint density at radius 3 is 2.41 bits per heavy atom. The van der Waals surface area contributed by atoms with Gasteiger partial charge in [-0.2, -0.15) is 0 Å². The van der Waals surface area contributed by atoms with E-state index >= 15 is 0 Å². The zero-order valence-corrected chi connectivity index (χ0v) is 17.3. The maximum absolute atomic E-state index is 13.3. The molecule has 0 radical (unpaired) electrons. The Labute approximate surface area is 174 Å². The molecular formula is C25H21ClO3. The fraction of sp³-hybridized carbons (Fsp3) is 0.160. The highest BCUT2D eigenvalue weighted by atomic mass is 35.5. The average molecular weight is 405 g/mol. The van der Waals surface area contributed by atoms with Gasteiger partial charge in [0.2, 0.25) is 11.2 Å². The van der Waals surface area contributed by atoms with Crippen molar-refractivity contribution in [3.05, 3.63) is 98.2 Å². The Hall–Kier alpha value is -3.04. The average Bonchev–Trinajstić information content (AvgIpc) is 2.69. The van der Waals surface area contributed by atoms with Crippen LogP contribution in [0.3, 0.4) is 0 Å². The fourth-order valence-electron chi connectivity index (χ4n) is 3.28. The molecule has 0 aliphatic rings. The first kappa shape index (κ1) is 19.3. The van der Waals surface area contributed by atoms with Gasteiger partial charge in [-0.15, -0.1) is 0 Å². The first-order chi connectivity index (χ1) is 13.9. The Balaban J connectivity index is 1.88. The van der Waals surface area contributed by atoms with Crippen LogP contribution >= 0.6 is 11.6 Å². The highest BCUT2D eigenvalue weighted by Crippen LogP contribution is 2.33. The number of fused-ring (bicyclic) bond motifs is 1. The van der Waals surface area contributed by atoms with Gasteiger partial charge in [0, 0.05) is 10.6 Å². The maximum atomic E-state index is 13.3. The highest BCUT2D eigenvalue weighted by Gasteiger charge is 2.19. The smallest absolute Gasteiger partial charge is 0.235 e. The minimum atomic E-state index is -0.226. The van der Waals surface area contributed by atoms with Crippen LogP contribution in [0.5, 0.6) is 5.75 Å². The third-order valence-corrected chi connectivity index (χ3v) is 5.32. The van der Waals surface area contributed by atoms with E-state index < -0.39 is 0 Å². The van der Waals surface area contributed by atoms with Crippen molar-refractivity contribution in [2.75, 3.05) is 0 Å². The molecule has 1 heterocycles. The molecule has 4 rings (SSSR count). The number of ether oxygens (including phenoxy) is 1. The predicted octanol–water partition coefficient (Wildman–Crippen LogP) is 6.62. The van der Waals surface area contributed by atoms with Gasteiger partial charge in [0.1, 0.15) is 12.2 Å². The van der Waals surface area contributed by atoms with Gasteiger partial charge in [0.25, 0.3) is 0 Å². The molecule has 3 nitrogen and oxygen atoms in total. The largest absolute Gasteiger partial charge is 0.481 e. The quantitative estimate of drug-likeness (QED) is 0.383. The van der Waals surface area contributed by atoms with Crippen molar-refractivity contribution in [3.63, 3.8) is 0 Å². The zero-order chi connectivity index (χ0) is 20.5. The standard InChI is InChI=1S/C25H21ClO3/c1-15-7-9-19(10-8-15)24-25(28-14-18-6-4-5-16(2)11-18)23(27)20-13-21(26)17(3)12-22(20)29-24/h4-13H,14H2,1-3H3. The molecule has 0 unspecified atom stereocenters. The maximum Gasteiger partial charge on any atom is 0.235 e. The minimum absolute atomic E-state index is 0.197. The molecule has 0 saturated heterocycles. The topological polar surface area (TPSA) is 39.4 Å². The summed E-state index contributed by atoms with van der Waals surface area (Å²) in [5, 5.41) is 0.938. The van der Waals surface area contributed by atoms with Gasteiger partial charge in [0.05, 0.1) is 5.39 Å². The monoisotopic (exact) mass is 404 g/mol. The highest BCUT2D eigenvalue weighted by molar-refractivity contribution is 6.32. The lowest BCUT2D eigenvalue weighted by Gasteiger charge is -2.13. The molecule has 0 spiro atoms. The second-order valence-electron chi connectivity index (χ2n) is 7.33. The minimum Gasteiger partial charge on any atom is -0.481 e. The van der Waals surface area contributed by atoms with Gasteiger partial charge in [-0.05, 0) is 44.0 Å². The lowest BCUT2D eigenvalue weighted by molar-refractivity contribution is 0.298. The van der Waals surface area contributed by atoms with Crippen LogP contribution in [0, 0.1) is 20.8 Å². The van der Waals surface area contributed by atoms with E-state index in [9.17, 15) is 4.79 Å². The van der Waals surface area contributed by atoms with Gasteiger partial charge in [-0.1, -0.05) is 71.3 Å². The molecular weight excluding hydrogens is 384 g/mol. The van der Waals surface area contributed by atoms with Crippen LogP contribution in [-0.2, 0) is 6.61 Å². The van der Waals surface area contributed by atoms with Crippen molar-refractivity contribution in [3.8, 4) is 17.1 Å². The van der Waals surface area contributed by atoms with E-state index in [1.807, 2.05) is 69.3 Å². The second kappa shape index (κ2) is 7.76. The normalized spacial score (nSPS) is 11.0. The van der Waals surface area contributed by atoms with Crippen LogP contribution in [0.25, 0.3) is 22.3 Å². The van der Waals surface area contributed by atoms with Crippen molar-refractivity contribution in [1.29, 1.82) is 0 Å². The van der Waals surface area contributed by atoms with Gasteiger partial charge in [0.15, 0.2) is 5.76 Å². The number of hydrogen-bond donors (Lipinski definition) is 0.